The van der Waals surface area contributed by atoms with Crippen molar-refractivity contribution in [2.75, 3.05) is 6.54 Å². The smallest absolute Gasteiger partial charge is 0.258 e. The fourth-order valence-electron chi connectivity index (χ4n) is 3.34. The lowest BCUT2D eigenvalue weighted by molar-refractivity contribution is -0.131. The second-order valence-electron chi connectivity index (χ2n) is 7.41. The van der Waals surface area contributed by atoms with Crippen LogP contribution in [0.2, 0.25) is 0 Å². The van der Waals surface area contributed by atoms with Gasteiger partial charge in [-0.25, -0.2) is 9.37 Å². The summed E-state index contributed by atoms with van der Waals surface area (Å²) in [5, 5.41) is 4.38. The maximum atomic E-state index is 13.8. The molecule has 0 spiro atoms. The summed E-state index contributed by atoms with van der Waals surface area (Å²) >= 11 is 0. The Balaban J connectivity index is 1.41. The molecule has 0 saturated carbocycles. The topological polar surface area (TPSA) is 105 Å². The van der Waals surface area contributed by atoms with E-state index in [-0.39, 0.29) is 42.5 Å². The van der Waals surface area contributed by atoms with E-state index in [1.165, 1.54) is 6.07 Å². The van der Waals surface area contributed by atoms with Crippen LogP contribution in [-0.2, 0) is 17.8 Å². The molecule has 2 aromatic carbocycles. The molecule has 0 aliphatic rings. The molecular weight excluding hydrogens is 413 g/mol. The van der Waals surface area contributed by atoms with E-state index in [1.54, 1.807) is 42.2 Å². The van der Waals surface area contributed by atoms with Gasteiger partial charge in [0.1, 0.15) is 11.6 Å². The van der Waals surface area contributed by atoms with E-state index in [2.05, 4.69) is 20.1 Å². The van der Waals surface area contributed by atoms with Crippen LogP contribution < -0.4 is 5.56 Å². The van der Waals surface area contributed by atoms with Crippen molar-refractivity contribution >= 4 is 16.8 Å². The van der Waals surface area contributed by atoms with Crippen LogP contribution in [0.15, 0.2) is 51.8 Å². The zero-order valence-electron chi connectivity index (χ0n) is 17.8. The van der Waals surface area contributed by atoms with Crippen molar-refractivity contribution < 1.29 is 13.7 Å². The third kappa shape index (κ3) is 4.56. The number of para-hydroxylation sites is 1. The summed E-state index contributed by atoms with van der Waals surface area (Å²) in [6.07, 6.45) is 0.397. The highest BCUT2D eigenvalue weighted by atomic mass is 19.1. The average molecular weight is 435 g/mol. The van der Waals surface area contributed by atoms with Gasteiger partial charge in [-0.1, -0.05) is 29.4 Å². The molecule has 0 fully saturated rings. The van der Waals surface area contributed by atoms with Gasteiger partial charge in [-0.3, -0.25) is 9.59 Å². The lowest BCUT2D eigenvalue weighted by Gasteiger charge is -2.20. The van der Waals surface area contributed by atoms with E-state index in [1.807, 2.05) is 13.0 Å². The number of aromatic nitrogens is 4. The summed E-state index contributed by atoms with van der Waals surface area (Å²) in [5.74, 6) is 0.511. The zero-order valence-corrected chi connectivity index (χ0v) is 17.8. The Kier molecular flexibility index (Phi) is 6.07. The van der Waals surface area contributed by atoms with Crippen molar-refractivity contribution in [1.29, 1.82) is 0 Å². The third-order valence-corrected chi connectivity index (χ3v) is 5.19. The number of hydrogen-bond acceptors (Lipinski definition) is 6. The molecule has 2 aromatic heterocycles. The Hall–Kier alpha value is -3.88. The van der Waals surface area contributed by atoms with Crippen LogP contribution in [0.3, 0.4) is 0 Å². The molecule has 2 heterocycles. The molecule has 0 aliphatic carbocycles. The molecule has 0 bridgehead atoms. The number of amides is 1. The van der Waals surface area contributed by atoms with E-state index in [0.717, 1.165) is 0 Å². The van der Waals surface area contributed by atoms with Crippen molar-refractivity contribution in [3.63, 3.8) is 0 Å². The first-order valence-corrected chi connectivity index (χ1v) is 10.3. The van der Waals surface area contributed by atoms with Gasteiger partial charge in [-0.15, -0.1) is 0 Å². The zero-order chi connectivity index (χ0) is 22.7. The molecule has 32 heavy (non-hydrogen) atoms. The second kappa shape index (κ2) is 9.09. The highest BCUT2D eigenvalue weighted by Crippen LogP contribution is 2.19. The van der Waals surface area contributed by atoms with Gasteiger partial charge in [0.05, 0.1) is 17.4 Å². The van der Waals surface area contributed by atoms with Crippen molar-refractivity contribution in [2.45, 2.75) is 33.2 Å². The number of rotatable bonds is 7. The minimum atomic E-state index is -0.344. The first-order valence-electron chi connectivity index (χ1n) is 10.3. The van der Waals surface area contributed by atoms with Gasteiger partial charge in [0.2, 0.25) is 17.6 Å². The average Bonchev–Trinajstić information content (AvgIpc) is 3.27. The fraction of sp³-hybridized carbons (Fsp3) is 0.261. The number of benzene rings is 2. The summed E-state index contributed by atoms with van der Waals surface area (Å²) < 4.78 is 19.0. The molecule has 0 atom stereocenters. The number of hydrogen-bond donors (Lipinski definition) is 1. The van der Waals surface area contributed by atoms with E-state index >= 15 is 0 Å². The molecule has 0 saturated heterocycles. The van der Waals surface area contributed by atoms with Crippen LogP contribution in [0.5, 0.6) is 0 Å². The minimum absolute atomic E-state index is 0.135. The summed E-state index contributed by atoms with van der Waals surface area (Å²) in [6, 6.07) is 11.8. The Morgan fingerprint density at radius 2 is 2.00 bits per heavy atom. The van der Waals surface area contributed by atoms with Crippen LogP contribution in [0.1, 0.15) is 30.6 Å². The first-order chi connectivity index (χ1) is 15.4. The lowest BCUT2D eigenvalue weighted by Crippen LogP contribution is -2.32. The minimum Gasteiger partial charge on any atom is -0.339 e. The monoisotopic (exact) mass is 435 g/mol. The third-order valence-electron chi connectivity index (χ3n) is 5.19. The number of nitrogens with one attached hydrogen (secondary N) is 1. The number of carbonyl (C=O) groups is 1. The quantitative estimate of drug-likeness (QED) is 0.477. The molecule has 0 aliphatic heterocycles. The highest BCUT2D eigenvalue weighted by Gasteiger charge is 2.17. The fourth-order valence-corrected chi connectivity index (χ4v) is 3.34. The number of aryl methyl sites for hydroxylation is 2. The van der Waals surface area contributed by atoms with Crippen LogP contribution in [0, 0.1) is 12.7 Å². The standard InChI is InChI=1S/C23H22FN5O3/c1-3-29(13-19-25-18-7-5-4-6-16(18)23(31)26-19)21(30)11-10-20-27-22(28-32-20)15-9-8-14(2)17(24)12-15/h4-9,12H,3,10-11,13H2,1-2H3,(H,25,26,31). The number of aromatic amines is 1. The highest BCUT2D eigenvalue weighted by molar-refractivity contribution is 5.78. The SMILES string of the molecule is CCN(Cc1nc2ccccc2c(=O)[nH]1)C(=O)CCc1nc(-c2ccc(C)c(F)c2)no1. The number of nitrogens with zero attached hydrogens (tertiary/aromatic N) is 4. The van der Waals surface area contributed by atoms with Gasteiger partial charge < -0.3 is 14.4 Å². The maximum absolute atomic E-state index is 13.8. The van der Waals surface area contributed by atoms with Crippen molar-refractivity contribution in [1.82, 2.24) is 25.0 Å². The van der Waals surface area contributed by atoms with E-state index < -0.39 is 0 Å². The van der Waals surface area contributed by atoms with Gasteiger partial charge in [-0.2, -0.15) is 4.98 Å². The van der Waals surface area contributed by atoms with Gasteiger partial charge in [-0.05, 0) is 37.6 Å². The van der Waals surface area contributed by atoms with Gasteiger partial charge in [0.25, 0.3) is 5.56 Å². The molecule has 1 N–H and O–H groups in total. The first kappa shape index (κ1) is 21.4. The molecule has 164 valence electrons. The molecular formula is C23H22FN5O3. The number of carbonyl (C=O) groups excluding carboxylic acids is 1. The molecule has 0 unspecified atom stereocenters. The Bertz CT molecular complexity index is 1330. The molecule has 9 heteroatoms. The van der Waals surface area contributed by atoms with Crippen LogP contribution >= 0.6 is 0 Å². The van der Waals surface area contributed by atoms with E-state index in [9.17, 15) is 14.0 Å². The number of fused-ring (bicyclic) bond motifs is 1. The van der Waals surface area contributed by atoms with Crippen molar-refractivity contribution in [3.8, 4) is 11.4 Å². The summed E-state index contributed by atoms with van der Waals surface area (Å²) in [6.45, 7) is 4.17. The molecule has 0 radical (unpaired) electrons. The lowest BCUT2D eigenvalue weighted by atomic mass is 10.1. The van der Waals surface area contributed by atoms with Gasteiger partial charge in [0.15, 0.2) is 0 Å². The normalized spacial score (nSPS) is 11.1. The molecule has 4 rings (SSSR count). The summed E-state index contributed by atoms with van der Waals surface area (Å²) in [5.41, 5.74) is 1.39. The maximum Gasteiger partial charge on any atom is 0.258 e. The van der Waals surface area contributed by atoms with Crippen LogP contribution in [-0.4, -0.2) is 37.5 Å². The molecule has 4 aromatic rings. The van der Waals surface area contributed by atoms with Gasteiger partial charge >= 0.3 is 0 Å². The molecule has 8 nitrogen and oxygen atoms in total. The predicted octanol–water partition coefficient (Wildman–Crippen LogP) is 3.40. The van der Waals surface area contributed by atoms with Crippen molar-refractivity contribution in [2.24, 2.45) is 0 Å². The number of halogens is 1. The predicted molar refractivity (Wildman–Crippen MR) is 116 cm³/mol. The Morgan fingerprint density at radius 3 is 2.78 bits per heavy atom. The largest absolute Gasteiger partial charge is 0.339 e. The second-order valence-corrected chi connectivity index (χ2v) is 7.41. The van der Waals surface area contributed by atoms with Gasteiger partial charge in [0, 0.05) is 24.9 Å². The Morgan fingerprint density at radius 1 is 1.19 bits per heavy atom. The number of H-pyrrole nitrogens is 1. The molecule has 1 amide bonds. The van der Waals surface area contributed by atoms with Crippen LogP contribution in [0.25, 0.3) is 22.3 Å². The van der Waals surface area contributed by atoms with E-state index in [4.69, 9.17) is 4.52 Å². The Labute approximate surface area is 183 Å². The van der Waals surface area contributed by atoms with E-state index in [0.29, 0.717) is 40.3 Å². The van der Waals surface area contributed by atoms with Crippen molar-refractivity contribution in [3.05, 3.63) is 75.9 Å². The summed E-state index contributed by atoms with van der Waals surface area (Å²) in [4.78, 5) is 38.0. The van der Waals surface area contributed by atoms with Crippen LogP contribution in [0.4, 0.5) is 4.39 Å². The summed E-state index contributed by atoms with van der Waals surface area (Å²) in [7, 11) is 0.